The molecule has 3 rings (SSSR count). The van der Waals surface area contributed by atoms with E-state index in [4.69, 9.17) is 4.42 Å². The fourth-order valence-electron chi connectivity index (χ4n) is 2.88. The molecule has 1 heterocycles. The zero-order valence-corrected chi connectivity index (χ0v) is 17.0. The third kappa shape index (κ3) is 5.70. The number of nitrogens with one attached hydrogen (secondary N) is 1. The number of nitrogens with zero attached hydrogens (tertiary/aromatic N) is 1. The van der Waals surface area contributed by atoms with Crippen molar-refractivity contribution in [3.63, 3.8) is 0 Å². The minimum atomic E-state index is -2.51. The first-order chi connectivity index (χ1) is 14.5. The molecular formula is C22H20F2N2O3S. The van der Waals surface area contributed by atoms with E-state index >= 15 is 0 Å². The molecule has 0 saturated heterocycles. The monoisotopic (exact) mass is 430 g/mol. The van der Waals surface area contributed by atoms with Gasteiger partial charge in [0.1, 0.15) is 5.76 Å². The number of thioether (sulfide) groups is 1. The topological polar surface area (TPSA) is 62.6 Å². The highest BCUT2D eigenvalue weighted by molar-refractivity contribution is 7.99. The number of furan rings is 1. The fraction of sp³-hybridized carbons (Fsp3) is 0.182. The summed E-state index contributed by atoms with van der Waals surface area (Å²) in [5.74, 6) is -2.34. The smallest absolute Gasteiger partial charge is 0.288 e. The molecule has 0 aliphatic carbocycles. The van der Waals surface area contributed by atoms with Crippen LogP contribution in [-0.4, -0.2) is 29.5 Å². The van der Waals surface area contributed by atoms with Gasteiger partial charge in [-0.2, -0.15) is 8.78 Å². The summed E-state index contributed by atoms with van der Waals surface area (Å²) in [5, 5.41) is 2.56. The minimum Gasteiger partial charge on any atom is -0.467 e. The summed E-state index contributed by atoms with van der Waals surface area (Å²) in [6, 6.07) is 16.6. The number of benzene rings is 2. The van der Waals surface area contributed by atoms with Crippen molar-refractivity contribution in [3.8, 4) is 0 Å². The van der Waals surface area contributed by atoms with Gasteiger partial charge in [0.25, 0.3) is 17.6 Å². The molecule has 2 amide bonds. The highest BCUT2D eigenvalue weighted by atomic mass is 32.2. The van der Waals surface area contributed by atoms with Crippen LogP contribution in [0.3, 0.4) is 0 Å². The van der Waals surface area contributed by atoms with E-state index in [9.17, 15) is 18.4 Å². The standard InChI is InChI=1S/C22H20F2N2O3S/c1-25-20(27)16-6-4-15(5-7-16)13-26(14-18-3-2-12-29-18)21(28)17-8-10-19(11-9-17)30-22(23)24/h2-12,22H,13-14H2,1H3,(H,25,27). The van der Waals surface area contributed by atoms with Crippen molar-refractivity contribution < 1.29 is 22.8 Å². The maximum atomic E-state index is 13.1. The van der Waals surface area contributed by atoms with Crippen molar-refractivity contribution in [2.24, 2.45) is 0 Å². The largest absolute Gasteiger partial charge is 0.467 e. The molecule has 0 atom stereocenters. The van der Waals surface area contributed by atoms with Gasteiger partial charge in [-0.25, -0.2) is 0 Å². The van der Waals surface area contributed by atoms with E-state index in [-0.39, 0.29) is 18.4 Å². The molecule has 3 aromatic rings. The number of amides is 2. The Kier molecular flexibility index (Phi) is 7.24. The van der Waals surface area contributed by atoms with Gasteiger partial charge in [0.15, 0.2) is 0 Å². The van der Waals surface area contributed by atoms with E-state index < -0.39 is 5.76 Å². The van der Waals surface area contributed by atoms with Gasteiger partial charge in [0, 0.05) is 29.6 Å². The van der Waals surface area contributed by atoms with Crippen LogP contribution < -0.4 is 5.32 Å². The number of halogens is 2. The summed E-state index contributed by atoms with van der Waals surface area (Å²) in [5.41, 5.74) is 1.76. The van der Waals surface area contributed by atoms with Crippen molar-refractivity contribution in [3.05, 3.63) is 89.4 Å². The van der Waals surface area contributed by atoms with Gasteiger partial charge in [0.05, 0.1) is 12.8 Å². The Bertz CT molecular complexity index is 975. The normalized spacial score (nSPS) is 10.8. The maximum absolute atomic E-state index is 13.1. The van der Waals surface area contributed by atoms with E-state index in [0.29, 0.717) is 40.1 Å². The van der Waals surface area contributed by atoms with E-state index in [1.807, 2.05) is 0 Å². The number of hydrogen-bond acceptors (Lipinski definition) is 4. The summed E-state index contributed by atoms with van der Waals surface area (Å²) < 4.78 is 30.4. The molecule has 5 nitrogen and oxygen atoms in total. The molecule has 0 unspecified atom stereocenters. The number of carbonyl (C=O) groups is 2. The van der Waals surface area contributed by atoms with Gasteiger partial charge in [-0.05, 0) is 54.1 Å². The van der Waals surface area contributed by atoms with Crippen LogP contribution in [0.5, 0.6) is 0 Å². The van der Waals surface area contributed by atoms with Crippen LogP contribution in [-0.2, 0) is 13.1 Å². The Morgan fingerprint density at radius 1 is 1.00 bits per heavy atom. The van der Waals surface area contributed by atoms with Crippen LogP contribution in [0.1, 0.15) is 32.0 Å². The minimum absolute atomic E-state index is 0.188. The molecule has 156 valence electrons. The van der Waals surface area contributed by atoms with Crippen LogP contribution in [0.25, 0.3) is 0 Å². The Hall–Kier alpha value is -3.13. The lowest BCUT2D eigenvalue weighted by atomic mass is 10.1. The Balaban J connectivity index is 1.79. The molecular weight excluding hydrogens is 410 g/mol. The lowest BCUT2D eigenvalue weighted by molar-refractivity contribution is 0.0717. The van der Waals surface area contributed by atoms with Crippen LogP contribution in [0.4, 0.5) is 8.78 Å². The molecule has 0 spiro atoms. The van der Waals surface area contributed by atoms with Gasteiger partial charge in [-0.1, -0.05) is 23.9 Å². The Labute approximate surface area is 177 Å². The van der Waals surface area contributed by atoms with Gasteiger partial charge in [-0.3, -0.25) is 9.59 Å². The quantitative estimate of drug-likeness (QED) is 0.522. The molecule has 2 aromatic carbocycles. The number of carbonyl (C=O) groups excluding carboxylic acids is 2. The van der Waals surface area contributed by atoms with Gasteiger partial charge >= 0.3 is 0 Å². The zero-order valence-electron chi connectivity index (χ0n) is 16.2. The predicted molar refractivity (Wildman–Crippen MR) is 110 cm³/mol. The molecule has 0 aliphatic rings. The fourth-order valence-corrected chi connectivity index (χ4v) is 3.38. The van der Waals surface area contributed by atoms with Crippen LogP contribution >= 0.6 is 11.8 Å². The zero-order chi connectivity index (χ0) is 21.5. The first-order valence-electron chi connectivity index (χ1n) is 9.14. The van der Waals surface area contributed by atoms with Crippen LogP contribution in [0.15, 0.2) is 76.2 Å². The van der Waals surface area contributed by atoms with Crippen molar-refractivity contribution in [1.29, 1.82) is 0 Å². The summed E-state index contributed by atoms with van der Waals surface area (Å²) in [6.45, 7) is 0.539. The highest BCUT2D eigenvalue weighted by Crippen LogP contribution is 2.25. The number of alkyl halides is 2. The summed E-state index contributed by atoms with van der Waals surface area (Å²) in [7, 11) is 1.56. The molecule has 1 N–H and O–H groups in total. The lowest BCUT2D eigenvalue weighted by Crippen LogP contribution is -2.30. The van der Waals surface area contributed by atoms with E-state index in [1.54, 1.807) is 48.3 Å². The van der Waals surface area contributed by atoms with Gasteiger partial charge in [-0.15, -0.1) is 0 Å². The maximum Gasteiger partial charge on any atom is 0.288 e. The molecule has 0 saturated carbocycles. The second kappa shape index (κ2) is 10.1. The average Bonchev–Trinajstić information content (AvgIpc) is 3.26. The lowest BCUT2D eigenvalue weighted by Gasteiger charge is -2.22. The van der Waals surface area contributed by atoms with E-state index in [1.165, 1.54) is 30.5 Å². The predicted octanol–water partition coefficient (Wildman–Crippen LogP) is 4.80. The highest BCUT2D eigenvalue weighted by Gasteiger charge is 2.18. The Morgan fingerprint density at radius 3 is 2.23 bits per heavy atom. The SMILES string of the molecule is CNC(=O)c1ccc(CN(Cc2ccco2)C(=O)c2ccc(SC(F)F)cc2)cc1. The molecule has 30 heavy (non-hydrogen) atoms. The molecule has 1 aromatic heterocycles. The van der Waals surface area contributed by atoms with Gasteiger partial charge in [0.2, 0.25) is 0 Å². The third-order valence-corrected chi connectivity index (χ3v) is 5.08. The van der Waals surface area contributed by atoms with Crippen molar-refractivity contribution in [1.82, 2.24) is 10.2 Å². The molecule has 0 fully saturated rings. The first kappa shape index (κ1) is 21.6. The summed E-state index contributed by atoms with van der Waals surface area (Å²) >= 11 is 0.433. The van der Waals surface area contributed by atoms with Crippen LogP contribution in [0, 0.1) is 0 Å². The number of rotatable bonds is 8. The third-order valence-electron chi connectivity index (χ3n) is 4.36. The van der Waals surface area contributed by atoms with Crippen molar-refractivity contribution in [2.45, 2.75) is 23.7 Å². The average molecular weight is 430 g/mol. The summed E-state index contributed by atoms with van der Waals surface area (Å²) in [4.78, 5) is 26.8. The van der Waals surface area contributed by atoms with Gasteiger partial charge < -0.3 is 14.6 Å². The molecule has 0 bridgehead atoms. The van der Waals surface area contributed by atoms with E-state index in [0.717, 1.165) is 5.56 Å². The second-order valence-corrected chi connectivity index (χ2v) is 7.48. The number of hydrogen-bond donors (Lipinski definition) is 1. The van der Waals surface area contributed by atoms with Crippen LogP contribution in [0.2, 0.25) is 0 Å². The first-order valence-corrected chi connectivity index (χ1v) is 10.0. The molecule has 0 radical (unpaired) electrons. The molecule has 0 aliphatic heterocycles. The van der Waals surface area contributed by atoms with Crippen molar-refractivity contribution in [2.75, 3.05) is 7.05 Å². The van der Waals surface area contributed by atoms with Crippen molar-refractivity contribution >= 4 is 23.6 Å². The van der Waals surface area contributed by atoms with E-state index in [2.05, 4.69) is 5.32 Å². The Morgan fingerprint density at radius 2 is 1.67 bits per heavy atom. The summed E-state index contributed by atoms with van der Waals surface area (Å²) in [6.07, 6.45) is 1.53. The second-order valence-electron chi connectivity index (χ2n) is 6.42. The molecule has 8 heteroatoms.